The van der Waals surface area contributed by atoms with Crippen LogP contribution in [-0.2, 0) is 6.42 Å². The van der Waals surface area contributed by atoms with Gasteiger partial charge in [-0.2, -0.15) is 0 Å². The minimum Gasteiger partial charge on any atom is -0.271 e. The van der Waals surface area contributed by atoms with E-state index in [1.165, 1.54) is 5.56 Å². The molecule has 4 heteroatoms. The van der Waals surface area contributed by atoms with E-state index in [0.717, 1.165) is 23.2 Å². The van der Waals surface area contributed by atoms with Crippen LogP contribution in [0.2, 0.25) is 0 Å². The van der Waals surface area contributed by atoms with E-state index in [-0.39, 0.29) is 6.04 Å². The highest BCUT2D eigenvalue weighted by molar-refractivity contribution is 5.35. The number of pyridine rings is 2. The van der Waals surface area contributed by atoms with Crippen molar-refractivity contribution in [2.45, 2.75) is 26.3 Å². The first-order valence-corrected chi connectivity index (χ1v) is 6.08. The second-order valence-corrected chi connectivity index (χ2v) is 4.23. The Labute approximate surface area is 107 Å². The molecule has 2 rings (SSSR count). The number of hydrazine groups is 1. The summed E-state index contributed by atoms with van der Waals surface area (Å²) in [4.78, 5) is 8.64. The van der Waals surface area contributed by atoms with Gasteiger partial charge in [0.1, 0.15) is 0 Å². The van der Waals surface area contributed by atoms with Crippen molar-refractivity contribution in [3.8, 4) is 0 Å². The van der Waals surface area contributed by atoms with Gasteiger partial charge >= 0.3 is 0 Å². The standard InChI is InChI=1S/C14H18N4/c1-3-11-5-4-7-17-13(11)14(18-15)12-9-16-8-6-10(12)2/h4-9,14,18H,3,15H2,1-2H3. The molecule has 0 amide bonds. The summed E-state index contributed by atoms with van der Waals surface area (Å²) in [6.45, 7) is 4.17. The highest BCUT2D eigenvalue weighted by atomic mass is 15.2. The summed E-state index contributed by atoms with van der Waals surface area (Å²) in [6, 6.07) is 5.90. The molecule has 3 N–H and O–H groups in total. The molecule has 0 saturated carbocycles. The number of nitrogens with zero attached hydrogens (tertiary/aromatic N) is 2. The average Bonchev–Trinajstić information content (AvgIpc) is 2.42. The van der Waals surface area contributed by atoms with E-state index >= 15 is 0 Å². The van der Waals surface area contributed by atoms with Crippen LogP contribution in [0.3, 0.4) is 0 Å². The molecule has 0 bridgehead atoms. The van der Waals surface area contributed by atoms with Crippen molar-refractivity contribution in [1.29, 1.82) is 0 Å². The zero-order valence-corrected chi connectivity index (χ0v) is 10.7. The molecule has 0 fully saturated rings. The number of hydrogen-bond donors (Lipinski definition) is 2. The average molecular weight is 242 g/mol. The van der Waals surface area contributed by atoms with Crippen LogP contribution in [0.5, 0.6) is 0 Å². The van der Waals surface area contributed by atoms with Crippen LogP contribution < -0.4 is 11.3 Å². The van der Waals surface area contributed by atoms with Gasteiger partial charge in [0, 0.05) is 18.6 Å². The van der Waals surface area contributed by atoms with E-state index in [1.807, 2.05) is 18.3 Å². The third-order valence-corrected chi connectivity index (χ3v) is 3.14. The van der Waals surface area contributed by atoms with E-state index in [0.29, 0.717) is 0 Å². The van der Waals surface area contributed by atoms with Gasteiger partial charge in [-0.25, -0.2) is 5.43 Å². The van der Waals surface area contributed by atoms with Crippen molar-refractivity contribution >= 4 is 0 Å². The number of aryl methyl sites for hydroxylation is 2. The SMILES string of the molecule is CCc1cccnc1C(NN)c1cnccc1C. The van der Waals surface area contributed by atoms with Gasteiger partial charge in [-0.1, -0.05) is 13.0 Å². The molecule has 0 radical (unpaired) electrons. The summed E-state index contributed by atoms with van der Waals surface area (Å²) in [5, 5.41) is 0. The van der Waals surface area contributed by atoms with Crippen LogP contribution in [0, 0.1) is 6.92 Å². The van der Waals surface area contributed by atoms with Gasteiger partial charge in [-0.3, -0.25) is 15.8 Å². The normalized spacial score (nSPS) is 12.4. The highest BCUT2D eigenvalue weighted by Gasteiger charge is 2.18. The van der Waals surface area contributed by atoms with Crippen LogP contribution in [0.25, 0.3) is 0 Å². The molecule has 1 atom stereocenters. The van der Waals surface area contributed by atoms with E-state index in [4.69, 9.17) is 5.84 Å². The third-order valence-electron chi connectivity index (χ3n) is 3.14. The molecular formula is C14H18N4. The lowest BCUT2D eigenvalue weighted by Gasteiger charge is -2.19. The van der Waals surface area contributed by atoms with Gasteiger partial charge in [0.25, 0.3) is 0 Å². The van der Waals surface area contributed by atoms with E-state index in [2.05, 4.69) is 35.3 Å². The van der Waals surface area contributed by atoms with Crippen molar-refractivity contribution in [1.82, 2.24) is 15.4 Å². The molecule has 0 aromatic carbocycles. The Balaban J connectivity index is 2.49. The lowest BCUT2D eigenvalue weighted by Crippen LogP contribution is -2.31. The highest BCUT2D eigenvalue weighted by Crippen LogP contribution is 2.24. The fourth-order valence-corrected chi connectivity index (χ4v) is 2.10. The molecule has 2 aromatic rings. The van der Waals surface area contributed by atoms with Gasteiger partial charge in [0.2, 0.25) is 0 Å². The minimum atomic E-state index is -0.116. The zero-order valence-electron chi connectivity index (χ0n) is 10.7. The Morgan fingerprint density at radius 3 is 2.83 bits per heavy atom. The van der Waals surface area contributed by atoms with Crippen LogP contribution in [-0.4, -0.2) is 9.97 Å². The summed E-state index contributed by atoms with van der Waals surface area (Å²) in [6.07, 6.45) is 6.35. The number of nitrogens with two attached hydrogens (primary N) is 1. The number of nitrogens with one attached hydrogen (secondary N) is 1. The second kappa shape index (κ2) is 5.71. The Morgan fingerprint density at radius 1 is 1.33 bits per heavy atom. The maximum atomic E-state index is 5.71. The lowest BCUT2D eigenvalue weighted by atomic mass is 9.97. The maximum Gasteiger partial charge on any atom is 0.0901 e. The quantitative estimate of drug-likeness (QED) is 0.635. The fourth-order valence-electron chi connectivity index (χ4n) is 2.10. The van der Waals surface area contributed by atoms with E-state index in [1.54, 1.807) is 12.4 Å². The molecule has 2 aromatic heterocycles. The molecule has 4 nitrogen and oxygen atoms in total. The Hall–Kier alpha value is -1.78. The Morgan fingerprint density at radius 2 is 2.17 bits per heavy atom. The maximum absolute atomic E-state index is 5.71. The molecular weight excluding hydrogens is 224 g/mol. The van der Waals surface area contributed by atoms with Gasteiger partial charge in [-0.15, -0.1) is 0 Å². The smallest absolute Gasteiger partial charge is 0.0901 e. The van der Waals surface area contributed by atoms with Gasteiger partial charge in [-0.05, 0) is 42.2 Å². The van der Waals surface area contributed by atoms with Crippen LogP contribution >= 0.6 is 0 Å². The summed E-state index contributed by atoms with van der Waals surface area (Å²) >= 11 is 0. The molecule has 0 aliphatic heterocycles. The summed E-state index contributed by atoms with van der Waals surface area (Å²) in [7, 11) is 0. The molecule has 0 aliphatic carbocycles. The van der Waals surface area contributed by atoms with Crippen molar-refractivity contribution in [3.05, 3.63) is 59.2 Å². The molecule has 0 spiro atoms. The number of rotatable bonds is 4. The van der Waals surface area contributed by atoms with Crippen LogP contribution in [0.15, 0.2) is 36.8 Å². The van der Waals surface area contributed by atoms with Crippen molar-refractivity contribution in [2.75, 3.05) is 0 Å². The summed E-state index contributed by atoms with van der Waals surface area (Å²) in [5.41, 5.74) is 7.23. The van der Waals surface area contributed by atoms with Crippen molar-refractivity contribution < 1.29 is 0 Å². The summed E-state index contributed by atoms with van der Waals surface area (Å²) < 4.78 is 0. The summed E-state index contributed by atoms with van der Waals surface area (Å²) in [5.74, 6) is 5.71. The first-order valence-electron chi connectivity index (χ1n) is 6.08. The van der Waals surface area contributed by atoms with Crippen molar-refractivity contribution in [3.63, 3.8) is 0 Å². The zero-order chi connectivity index (χ0) is 13.0. The molecule has 0 saturated heterocycles. The number of hydrogen-bond acceptors (Lipinski definition) is 4. The lowest BCUT2D eigenvalue weighted by molar-refractivity contribution is 0.609. The van der Waals surface area contributed by atoms with Gasteiger partial charge in [0.15, 0.2) is 0 Å². The predicted octanol–water partition coefficient (Wildman–Crippen LogP) is 1.90. The van der Waals surface area contributed by atoms with Crippen molar-refractivity contribution in [2.24, 2.45) is 5.84 Å². The van der Waals surface area contributed by atoms with Crippen LogP contribution in [0.4, 0.5) is 0 Å². The van der Waals surface area contributed by atoms with Gasteiger partial charge in [0.05, 0.1) is 11.7 Å². The fraction of sp³-hybridized carbons (Fsp3) is 0.286. The molecule has 0 aliphatic rings. The first kappa shape index (κ1) is 12.7. The van der Waals surface area contributed by atoms with Gasteiger partial charge < -0.3 is 0 Å². The minimum absolute atomic E-state index is 0.116. The monoisotopic (exact) mass is 242 g/mol. The first-order chi connectivity index (χ1) is 8.77. The largest absolute Gasteiger partial charge is 0.271 e. The third kappa shape index (κ3) is 2.39. The molecule has 94 valence electrons. The molecule has 18 heavy (non-hydrogen) atoms. The Kier molecular flexibility index (Phi) is 4.02. The topological polar surface area (TPSA) is 63.8 Å². The Bertz CT molecular complexity index is 525. The number of aromatic nitrogens is 2. The molecule has 1 unspecified atom stereocenters. The second-order valence-electron chi connectivity index (χ2n) is 4.23. The predicted molar refractivity (Wildman–Crippen MR) is 71.8 cm³/mol. The molecule has 2 heterocycles. The van der Waals surface area contributed by atoms with E-state index in [9.17, 15) is 0 Å². The van der Waals surface area contributed by atoms with Crippen LogP contribution in [0.1, 0.15) is 35.3 Å². The van der Waals surface area contributed by atoms with E-state index < -0.39 is 0 Å².